The molecule has 2 heterocycles. The predicted molar refractivity (Wildman–Crippen MR) is 110 cm³/mol. The van der Waals surface area contributed by atoms with Crippen LogP contribution in [0.1, 0.15) is 12.0 Å². The molecule has 1 saturated heterocycles. The van der Waals surface area contributed by atoms with Crippen LogP contribution in [0.15, 0.2) is 36.4 Å². The summed E-state index contributed by atoms with van der Waals surface area (Å²) in [6, 6.07) is 6.34. The first kappa shape index (κ1) is 22.6. The molecule has 174 valence electrons. The van der Waals surface area contributed by atoms with E-state index in [2.05, 4.69) is 20.4 Å². The van der Waals surface area contributed by atoms with E-state index in [4.69, 9.17) is 0 Å². The minimum Gasteiger partial charge on any atom is -0.435 e. The highest BCUT2D eigenvalue weighted by molar-refractivity contribution is 5.93. The van der Waals surface area contributed by atoms with Crippen molar-refractivity contribution in [3.8, 4) is 17.0 Å². The van der Waals surface area contributed by atoms with Gasteiger partial charge in [-0.1, -0.05) is 0 Å². The number of fused-ring (bicyclic) bond motifs is 1. The van der Waals surface area contributed by atoms with Crippen LogP contribution in [-0.2, 0) is 16.0 Å². The van der Waals surface area contributed by atoms with Crippen LogP contribution >= 0.6 is 0 Å². The molecular weight excluding hydrogens is 446 g/mol. The molecule has 0 radical (unpaired) electrons. The maximum absolute atomic E-state index is 14.4. The molecule has 0 aliphatic carbocycles. The third-order valence-corrected chi connectivity index (χ3v) is 5.37. The number of aromatic amines is 1. The quantitative estimate of drug-likeness (QED) is 0.403. The Morgan fingerprint density at radius 3 is 2.58 bits per heavy atom. The lowest BCUT2D eigenvalue weighted by molar-refractivity contribution is -0.128. The number of hydrogen-bond donors (Lipinski definition) is 4. The fourth-order valence-electron chi connectivity index (χ4n) is 3.84. The highest BCUT2D eigenvalue weighted by Gasteiger charge is 2.34. The molecule has 11 heteroatoms. The number of amides is 2. The molecule has 2 atom stereocenters. The SMILES string of the molecule is O=C(CCc1c(-c2ccc(OC(F)F)cc2)[nH]c2c(F)cc(F)cc12)N[C@@H]1C(=O)NC[C@H]1O. The first-order valence-corrected chi connectivity index (χ1v) is 10.0. The normalized spacial score (nSPS) is 18.1. The van der Waals surface area contributed by atoms with Gasteiger partial charge in [-0.3, -0.25) is 9.59 Å². The van der Waals surface area contributed by atoms with Gasteiger partial charge in [-0.05, 0) is 47.9 Å². The van der Waals surface area contributed by atoms with Crippen molar-refractivity contribution in [3.05, 3.63) is 53.6 Å². The summed E-state index contributed by atoms with van der Waals surface area (Å²) < 4.78 is 57.5. The Bertz CT molecular complexity index is 1200. The highest BCUT2D eigenvalue weighted by atomic mass is 19.3. The number of carbonyl (C=O) groups is 2. The number of alkyl halides is 2. The molecule has 0 spiro atoms. The molecule has 2 amide bonds. The van der Waals surface area contributed by atoms with Crippen LogP contribution in [-0.4, -0.2) is 47.2 Å². The zero-order chi connectivity index (χ0) is 23.7. The number of rotatable bonds is 7. The Kier molecular flexibility index (Phi) is 6.23. The molecule has 7 nitrogen and oxygen atoms in total. The van der Waals surface area contributed by atoms with Gasteiger partial charge in [0.25, 0.3) is 0 Å². The lowest BCUT2D eigenvalue weighted by Crippen LogP contribution is -2.45. The van der Waals surface area contributed by atoms with Gasteiger partial charge in [0, 0.05) is 30.1 Å². The number of carbonyl (C=O) groups excluding carboxylic acids is 2. The van der Waals surface area contributed by atoms with E-state index in [0.717, 1.165) is 12.1 Å². The average molecular weight is 465 g/mol. The average Bonchev–Trinajstić information content (AvgIpc) is 3.27. The second kappa shape index (κ2) is 9.10. The van der Waals surface area contributed by atoms with Crippen LogP contribution < -0.4 is 15.4 Å². The summed E-state index contributed by atoms with van der Waals surface area (Å²) in [5.74, 6) is -2.74. The first-order valence-electron chi connectivity index (χ1n) is 10.0. The molecule has 4 rings (SSSR count). The van der Waals surface area contributed by atoms with Crippen molar-refractivity contribution >= 4 is 22.7 Å². The van der Waals surface area contributed by atoms with Crippen molar-refractivity contribution < 1.29 is 37.0 Å². The summed E-state index contributed by atoms with van der Waals surface area (Å²) >= 11 is 0. The van der Waals surface area contributed by atoms with Crippen molar-refractivity contribution in [1.82, 2.24) is 15.6 Å². The zero-order valence-corrected chi connectivity index (χ0v) is 17.0. The molecule has 0 unspecified atom stereocenters. The molecule has 0 saturated carbocycles. The summed E-state index contributed by atoms with van der Waals surface area (Å²) in [5.41, 5.74) is 1.32. The van der Waals surface area contributed by atoms with Crippen molar-refractivity contribution in [2.24, 2.45) is 0 Å². The van der Waals surface area contributed by atoms with E-state index in [0.29, 0.717) is 16.8 Å². The van der Waals surface area contributed by atoms with Crippen LogP contribution in [0.3, 0.4) is 0 Å². The van der Waals surface area contributed by atoms with Gasteiger partial charge in [-0.15, -0.1) is 0 Å². The number of ether oxygens (including phenoxy) is 1. The summed E-state index contributed by atoms with van der Waals surface area (Å²) in [4.78, 5) is 27.0. The first-order chi connectivity index (χ1) is 15.7. The van der Waals surface area contributed by atoms with Crippen molar-refractivity contribution in [2.45, 2.75) is 31.6 Å². The van der Waals surface area contributed by atoms with E-state index >= 15 is 0 Å². The number of aryl methyl sites for hydroxylation is 1. The van der Waals surface area contributed by atoms with Gasteiger partial charge in [0.05, 0.1) is 5.52 Å². The molecule has 1 fully saturated rings. The number of H-pyrrole nitrogens is 1. The number of aliphatic hydroxyl groups excluding tert-OH is 1. The van der Waals surface area contributed by atoms with Crippen molar-refractivity contribution in [2.75, 3.05) is 6.54 Å². The number of aliphatic hydroxyl groups is 1. The van der Waals surface area contributed by atoms with E-state index in [1.807, 2.05) is 0 Å². The standard InChI is InChI=1S/C22H19F4N3O4/c23-11-7-14-13(5-6-17(31)28-20-16(30)9-27-21(20)32)18(29-19(14)15(24)8-11)10-1-3-12(4-2-10)33-22(25)26/h1-4,7-8,16,20,22,29-30H,5-6,9H2,(H,27,32)(H,28,31)/t16-,20+/m1/s1. The number of hydrogen-bond acceptors (Lipinski definition) is 4. The van der Waals surface area contributed by atoms with Gasteiger partial charge in [0.2, 0.25) is 11.8 Å². The van der Waals surface area contributed by atoms with E-state index in [1.54, 1.807) is 0 Å². The highest BCUT2D eigenvalue weighted by Crippen LogP contribution is 2.34. The van der Waals surface area contributed by atoms with Crippen LogP contribution in [0.5, 0.6) is 5.75 Å². The summed E-state index contributed by atoms with van der Waals surface area (Å²) in [5, 5.41) is 14.9. The van der Waals surface area contributed by atoms with Crippen molar-refractivity contribution in [3.63, 3.8) is 0 Å². The molecule has 2 aromatic carbocycles. The summed E-state index contributed by atoms with van der Waals surface area (Å²) in [6.07, 6.45) is -1.15. The van der Waals surface area contributed by atoms with E-state index in [-0.39, 0.29) is 36.0 Å². The summed E-state index contributed by atoms with van der Waals surface area (Å²) in [6.45, 7) is -2.96. The van der Waals surface area contributed by atoms with Crippen molar-refractivity contribution in [1.29, 1.82) is 0 Å². The van der Waals surface area contributed by atoms with E-state index in [1.165, 1.54) is 24.3 Å². The molecule has 1 aliphatic rings. The topological polar surface area (TPSA) is 103 Å². The fraction of sp³-hybridized carbons (Fsp3) is 0.273. The Labute approximate surface area is 184 Å². The third-order valence-electron chi connectivity index (χ3n) is 5.37. The monoisotopic (exact) mass is 465 g/mol. The minimum atomic E-state index is -2.99. The number of halogens is 4. The van der Waals surface area contributed by atoms with Crippen LogP contribution in [0.2, 0.25) is 0 Å². The number of aromatic nitrogens is 1. The Hall–Kier alpha value is -3.60. The van der Waals surface area contributed by atoms with Crippen LogP contribution in [0.4, 0.5) is 17.6 Å². The maximum atomic E-state index is 14.4. The minimum absolute atomic E-state index is 0.0280. The molecule has 1 aliphatic heterocycles. The van der Waals surface area contributed by atoms with Crippen LogP contribution in [0, 0.1) is 11.6 Å². The molecule has 3 aromatic rings. The number of benzene rings is 2. The van der Waals surface area contributed by atoms with Gasteiger partial charge < -0.3 is 25.5 Å². The zero-order valence-electron chi connectivity index (χ0n) is 17.0. The van der Waals surface area contributed by atoms with E-state index < -0.39 is 42.2 Å². The largest absolute Gasteiger partial charge is 0.435 e. The Morgan fingerprint density at radius 1 is 1.21 bits per heavy atom. The summed E-state index contributed by atoms with van der Waals surface area (Å²) in [7, 11) is 0. The predicted octanol–water partition coefficient (Wildman–Crippen LogP) is 2.62. The fourth-order valence-corrected chi connectivity index (χ4v) is 3.84. The smallest absolute Gasteiger partial charge is 0.387 e. The van der Waals surface area contributed by atoms with Crippen LogP contribution in [0.25, 0.3) is 22.2 Å². The van der Waals surface area contributed by atoms with Gasteiger partial charge in [-0.25, -0.2) is 8.78 Å². The number of β-amino-alcohol motifs (C(OH)–C–C–N with tert-alkyl or cyclic N) is 1. The van der Waals surface area contributed by atoms with Gasteiger partial charge >= 0.3 is 6.61 Å². The molecule has 4 N–H and O–H groups in total. The second-order valence-electron chi connectivity index (χ2n) is 7.55. The van der Waals surface area contributed by atoms with Gasteiger partial charge in [0.15, 0.2) is 0 Å². The maximum Gasteiger partial charge on any atom is 0.387 e. The molecular formula is C22H19F4N3O4. The third kappa shape index (κ3) is 4.77. The molecule has 33 heavy (non-hydrogen) atoms. The molecule has 1 aromatic heterocycles. The van der Waals surface area contributed by atoms with Gasteiger partial charge in [0.1, 0.15) is 29.5 Å². The second-order valence-corrected chi connectivity index (χ2v) is 7.55. The lowest BCUT2D eigenvalue weighted by atomic mass is 10.0. The lowest BCUT2D eigenvalue weighted by Gasteiger charge is -2.14. The Morgan fingerprint density at radius 2 is 1.94 bits per heavy atom. The molecule has 0 bridgehead atoms. The Balaban J connectivity index is 1.63. The number of nitrogens with one attached hydrogen (secondary N) is 3. The van der Waals surface area contributed by atoms with Gasteiger partial charge in [-0.2, -0.15) is 8.78 Å². The van der Waals surface area contributed by atoms with E-state index in [9.17, 15) is 32.3 Å².